The molecule has 0 aliphatic rings. The van der Waals surface area contributed by atoms with Crippen molar-refractivity contribution in [2.75, 3.05) is 0 Å². The van der Waals surface area contributed by atoms with E-state index in [9.17, 15) is 0 Å². The van der Waals surface area contributed by atoms with E-state index in [-0.39, 0.29) is 0 Å². The lowest BCUT2D eigenvalue weighted by molar-refractivity contribution is -2.00. The first-order valence-corrected chi connectivity index (χ1v) is 4.70. The average molecular weight is 229 g/mol. The van der Waals surface area contributed by atoms with Gasteiger partial charge >= 0.3 is 0 Å². The summed E-state index contributed by atoms with van der Waals surface area (Å²) < 4.78 is 37.8. The highest BCUT2D eigenvalue weighted by Crippen LogP contribution is 1.91. The summed E-state index contributed by atoms with van der Waals surface area (Å²) >= 11 is 4.11. The van der Waals surface area contributed by atoms with Gasteiger partial charge in [-0.15, -0.1) is 10.2 Å². The van der Waals surface area contributed by atoms with Gasteiger partial charge in [0.1, 0.15) is 12.4 Å². The fourth-order valence-electron chi connectivity index (χ4n) is 0.540. The second kappa shape index (κ2) is 4.80. The molecule has 1 rings (SSSR count). The van der Waals surface area contributed by atoms with Crippen LogP contribution in [0.25, 0.3) is 0 Å². The van der Waals surface area contributed by atoms with Crippen LogP contribution in [0.1, 0.15) is 5.82 Å². The maximum Gasteiger partial charge on any atom is 0.264 e. The maximum atomic E-state index is 8.49. The van der Waals surface area contributed by atoms with Gasteiger partial charge in [0.2, 0.25) is 0 Å². The molecular weight excluding hydrogens is 220 g/mol. The third-order valence-corrected chi connectivity index (χ3v) is 1.70. The molecule has 1 aromatic rings. The lowest BCUT2D eigenvalue weighted by Gasteiger charge is -2.17. The van der Waals surface area contributed by atoms with Crippen LogP contribution in [-0.4, -0.2) is 3.97 Å². The number of thiol groups is 1. The molecule has 0 aromatic carbocycles. The molecule has 0 amide bonds. The van der Waals surface area contributed by atoms with Gasteiger partial charge < -0.3 is 0 Å². The van der Waals surface area contributed by atoms with Gasteiger partial charge in [0.05, 0.1) is 7.05 Å². The zero-order valence-electron chi connectivity index (χ0n) is 7.01. The second-order valence-electron chi connectivity index (χ2n) is 2.18. The van der Waals surface area contributed by atoms with E-state index in [2.05, 4.69) is 12.8 Å². The predicted octanol–water partition coefficient (Wildman–Crippen LogP) is -4.44. The number of hydrogen-bond acceptors (Lipinski definition) is 5. The van der Waals surface area contributed by atoms with Crippen molar-refractivity contribution in [2.45, 2.75) is 6.92 Å². The summed E-state index contributed by atoms with van der Waals surface area (Å²) in [7, 11) is -2.96. The van der Waals surface area contributed by atoms with E-state index in [1.54, 1.807) is 3.97 Å². The number of aryl methyl sites for hydroxylation is 1. The van der Waals surface area contributed by atoms with Crippen molar-refractivity contribution in [3.05, 3.63) is 18.2 Å². The van der Waals surface area contributed by atoms with Crippen molar-refractivity contribution in [2.24, 2.45) is 7.05 Å². The minimum atomic E-state index is -4.94. The van der Waals surface area contributed by atoms with Gasteiger partial charge in [0.15, 0.2) is 0 Å². The number of nitrogens with zero attached hydrogens (tertiary/aromatic N) is 2. The Labute approximate surface area is 82.9 Å². The molecule has 0 aliphatic carbocycles. The number of aromatic nitrogens is 2. The highest BCUT2D eigenvalue weighted by atomic mass is 35.7. The molecule has 0 radical (unpaired) electrons. The minimum Gasteiger partial charge on any atom is -0.236 e. The van der Waals surface area contributed by atoms with Gasteiger partial charge in [0.25, 0.3) is 5.82 Å². The fraction of sp³-hybridized carbons (Fsp3) is 0.400. The van der Waals surface area contributed by atoms with E-state index in [0.29, 0.717) is 0 Å². The minimum absolute atomic E-state index is 1.13. The first-order valence-electron chi connectivity index (χ1n) is 3.06. The van der Waals surface area contributed by atoms with Crippen molar-refractivity contribution in [3.63, 3.8) is 0 Å². The predicted molar refractivity (Wildman–Crippen MR) is 34.7 cm³/mol. The normalized spacial score (nSPS) is 10.7. The molecule has 0 atom stereocenters. The van der Waals surface area contributed by atoms with E-state index in [1.807, 2.05) is 30.9 Å². The van der Waals surface area contributed by atoms with Gasteiger partial charge in [-0.3, -0.25) is 0 Å². The van der Waals surface area contributed by atoms with Crippen molar-refractivity contribution in [1.82, 2.24) is 3.97 Å². The molecule has 0 saturated heterocycles. The molecule has 0 unspecified atom stereocenters. The van der Waals surface area contributed by atoms with Crippen LogP contribution >= 0.6 is 12.8 Å². The number of rotatable bonds is 0. The van der Waals surface area contributed by atoms with E-state index < -0.39 is 10.2 Å². The molecule has 1 heterocycles. The lowest BCUT2D eigenvalue weighted by Crippen LogP contribution is -2.68. The summed E-state index contributed by atoms with van der Waals surface area (Å²) in [5.41, 5.74) is 0. The highest BCUT2D eigenvalue weighted by Gasteiger charge is 2.02. The maximum absolute atomic E-state index is 8.49. The summed E-state index contributed by atoms with van der Waals surface area (Å²) in [5.74, 6) is 1.13. The Morgan fingerprint density at radius 1 is 1.38 bits per heavy atom. The Morgan fingerprint density at radius 3 is 1.85 bits per heavy atom. The van der Waals surface area contributed by atoms with E-state index in [1.165, 1.54) is 0 Å². The Hall–Kier alpha value is -0.310. The standard InChI is InChI=1S/C5H9N2S.ClHO4/c1-5-6(2)3-4-7(5)8;2-1(3,4)5/h3-4,8H,1-2H3;(H,2,3,4,5)/q+1;/p-1. The van der Waals surface area contributed by atoms with Crippen LogP contribution in [0.15, 0.2) is 12.4 Å². The summed E-state index contributed by atoms with van der Waals surface area (Å²) in [4.78, 5) is 0. The number of halogens is 1. The molecular formula is C5H9ClN2O4S. The third-order valence-electron chi connectivity index (χ3n) is 1.27. The van der Waals surface area contributed by atoms with Crippen LogP contribution in [0.4, 0.5) is 0 Å². The molecule has 0 aliphatic heterocycles. The van der Waals surface area contributed by atoms with E-state index >= 15 is 0 Å². The Morgan fingerprint density at radius 2 is 1.77 bits per heavy atom. The number of imidazole rings is 1. The largest absolute Gasteiger partial charge is 0.264 e. The van der Waals surface area contributed by atoms with Crippen molar-refractivity contribution >= 4 is 12.8 Å². The van der Waals surface area contributed by atoms with Gasteiger partial charge in [-0.05, 0) is 0 Å². The zero-order valence-corrected chi connectivity index (χ0v) is 8.66. The quantitative estimate of drug-likeness (QED) is 0.358. The SMILES string of the molecule is Cc1n(S)cc[n+]1C.[O-][Cl+3]([O-])([O-])[O-]. The van der Waals surface area contributed by atoms with Gasteiger partial charge in [-0.2, -0.15) is 3.97 Å². The lowest BCUT2D eigenvalue weighted by atomic mass is 10.7. The Balaban J connectivity index is 0.000000252. The van der Waals surface area contributed by atoms with Crippen molar-refractivity contribution in [1.29, 1.82) is 0 Å². The summed E-state index contributed by atoms with van der Waals surface area (Å²) in [5, 5.41) is 0. The molecule has 13 heavy (non-hydrogen) atoms. The van der Waals surface area contributed by atoms with Gasteiger partial charge in [-0.25, -0.2) is 23.2 Å². The molecule has 0 bridgehead atoms. The monoisotopic (exact) mass is 228 g/mol. The molecule has 8 heteroatoms. The molecule has 0 fully saturated rings. The van der Waals surface area contributed by atoms with Crippen molar-refractivity contribution in [3.8, 4) is 0 Å². The molecule has 76 valence electrons. The third kappa shape index (κ3) is 6.82. The molecule has 0 N–H and O–H groups in total. The molecule has 0 spiro atoms. The van der Waals surface area contributed by atoms with Crippen LogP contribution < -0.4 is 23.2 Å². The van der Waals surface area contributed by atoms with Crippen LogP contribution in [0, 0.1) is 17.2 Å². The molecule has 0 saturated carbocycles. The summed E-state index contributed by atoms with van der Waals surface area (Å²) in [6.45, 7) is 2.01. The zero-order chi connectivity index (χ0) is 10.6. The molecule has 1 aromatic heterocycles. The van der Waals surface area contributed by atoms with Crippen molar-refractivity contribution < 1.29 is 33.4 Å². The van der Waals surface area contributed by atoms with Crippen LogP contribution in [0.5, 0.6) is 0 Å². The van der Waals surface area contributed by atoms with Crippen LogP contribution in [-0.2, 0) is 7.05 Å². The van der Waals surface area contributed by atoms with E-state index in [0.717, 1.165) is 5.82 Å². The molecule has 6 nitrogen and oxygen atoms in total. The average Bonchev–Trinajstić information content (AvgIpc) is 2.16. The summed E-state index contributed by atoms with van der Waals surface area (Å²) in [6.07, 6.45) is 3.86. The Bertz CT molecular complexity index is 246. The van der Waals surface area contributed by atoms with Gasteiger partial charge in [-0.1, -0.05) is 0 Å². The van der Waals surface area contributed by atoms with Crippen LogP contribution in [0.3, 0.4) is 0 Å². The first-order chi connectivity index (χ1) is 5.72. The first kappa shape index (κ1) is 12.7. The fourth-order valence-corrected chi connectivity index (χ4v) is 0.741. The van der Waals surface area contributed by atoms with Crippen LogP contribution in [0.2, 0.25) is 0 Å². The smallest absolute Gasteiger partial charge is 0.236 e. The number of hydrogen-bond donors (Lipinski definition) is 1. The second-order valence-corrected chi connectivity index (χ2v) is 3.37. The van der Waals surface area contributed by atoms with Gasteiger partial charge in [0, 0.05) is 19.7 Å². The van der Waals surface area contributed by atoms with E-state index in [4.69, 9.17) is 18.6 Å². The summed E-state index contributed by atoms with van der Waals surface area (Å²) in [6, 6.07) is 0. The Kier molecular flexibility index (Phi) is 4.68. The highest BCUT2D eigenvalue weighted by molar-refractivity contribution is 7.78. The topological polar surface area (TPSA) is 101 Å².